The lowest BCUT2D eigenvalue weighted by Crippen LogP contribution is -2.32. The summed E-state index contributed by atoms with van der Waals surface area (Å²) < 4.78 is 1.20. The molecule has 1 N–H and O–H groups in total. The molecule has 1 aliphatic rings. The molecule has 0 saturated carbocycles. The molecule has 1 aromatic carbocycles. The average molecular weight is 348 g/mol. The van der Waals surface area contributed by atoms with Crippen molar-refractivity contribution in [2.75, 3.05) is 20.1 Å². The summed E-state index contributed by atoms with van der Waals surface area (Å²) in [5.74, 6) is 0. The van der Waals surface area contributed by atoms with Gasteiger partial charge in [0, 0.05) is 17.1 Å². The van der Waals surface area contributed by atoms with E-state index in [1.54, 1.807) is 0 Å². The van der Waals surface area contributed by atoms with Crippen LogP contribution in [0.2, 0.25) is 0 Å². The molecule has 1 aromatic rings. The maximum atomic E-state index is 3.56. The van der Waals surface area contributed by atoms with Crippen molar-refractivity contribution in [2.24, 2.45) is 0 Å². The highest BCUT2D eigenvalue weighted by atomic mass is 79.9. The van der Waals surface area contributed by atoms with Crippen molar-refractivity contribution in [1.29, 1.82) is 0 Å². The molecule has 2 nitrogen and oxygen atoms in total. The minimum absolute atomic E-state index is 0. The van der Waals surface area contributed by atoms with Crippen molar-refractivity contribution >= 4 is 28.3 Å². The van der Waals surface area contributed by atoms with E-state index < -0.39 is 0 Å². The fraction of sp³-hybridized carbons (Fsp3) is 0.600. The number of aryl methyl sites for hydroxylation is 1. The van der Waals surface area contributed by atoms with Gasteiger partial charge in [0.25, 0.3) is 0 Å². The Labute approximate surface area is 131 Å². The van der Waals surface area contributed by atoms with E-state index in [9.17, 15) is 0 Å². The first kappa shape index (κ1) is 17.0. The lowest BCUT2D eigenvalue weighted by Gasteiger charge is -2.27. The monoisotopic (exact) mass is 346 g/mol. The predicted molar refractivity (Wildman–Crippen MR) is 88.1 cm³/mol. The van der Waals surface area contributed by atoms with Gasteiger partial charge in [0.2, 0.25) is 0 Å². The molecule has 0 aromatic heterocycles. The van der Waals surface area contributed by atoms with Crippen LogP contribution in [0.25, 0.3) is 0 Å². The van der Waals surface area contributed by atoms with Crippen LogP contribution in [-0.4, -0.2) is 31.1 Å². The van der Waals surface area contributed by atoms with Gasteiger partial charge >= 0.3 is 0 Å². The number of benzene rings is 1. The molecule has 1 aliphatic heterocycles. The minimum Gasteiger partial charge on any atom is -0.317 e. The number of halogens is 2. The van der Waals surface area contributed by atoms with Gasteiger partial charge in [0.1, 0.15) is 0 Å². The topological polar surface area (TPSA) is 15.3 Å². The van der Waals surface area contributed by atoms with Gasteiger partial charge in [-0.15, -0.1) is 12.4 Å². The molecular formula is C15H24BrClN2. The van der Waals surface area contributed by atoms with Gasteiger partial charge < -0.3 is 5.32 Å². The molecule has 2 rings (SSSR count). The third kappa shape index (κ3) is 5.07. The highest BCUT2D eigenvalue weighted by Crippen LogP contribution is 2.20. The summed E-state index contributed by atoms with van der Waals surface area (Å²) in [5, 5.41) is 3.48. The van der Waals surface area contributed by atoms with E-state index in [0.29, 0.717) is 0 Å². The van der Waals surface area contributed by atoms with Crippen LogP contribution >= 0.6 is 28.3 Å². The number of rotatable bonds is 3. The molecule has 0 spiro atoms. The third-order valence-electron chi connectivity index (χ3n) is 3.82. The van der Waals surface area contributed by atoms with E-state index in [0.717, 1.165) is 19.1 Å². The van der Waals surface area contributed by atoms with Crippen molar-refractivity contribution in [3.8, 4) is 0 Å². The highest BCUT2D eigenvalue weighted by molar-refractivity contribution is 9.10. The molecule has 1 fully saturated rings. The van der Waals surface area contributed by atoms with Gasteiger partial charge in [0.15, 0.2) is 0 Å². The summed E-state index contributed by atoms with van der Waals surface area (Å²) in [5.41, 5.74) is 2.74. The second-order valence-corrected chi connectivity index (χ2v) is 6.19. The van der Waals surface area contributed by atoms with Crippen LogP contribution in [0.15, 0.2) is 22.7 Å². The molecule has 1 atom stereocenters. The normalized spacial score (nSPS) is 19.9. The van der Waals surface area contributed by atoms with Crippen LogP contribution in [0.1, 0.15) is 30.4 Å². The molecule has 0 radical (unpaired) electrons. The number of hydrogen-bond donors (Lipinski definition) is 1. The summed E-state index contributed by atoms with van der Waals surface area (Å²) in [6.45, 7) is 5.55. The zero-order chi connectivity index (χ0) is 13.0. The van der Waals surface area contributed by atoms with E-state index in [1.165, 1.54) is 41.4 Å². The quantitative estimate of drug-likeness (QED) is 0.896. The molecule has 0 amide bonds. The van der Waals surface area contributed by atoms with Crippen molar-refractivity contribution in [1.82, 2.24) is 10.2 Å². The van der Waals surface area contributed by atoms with Crippen molar-refractivity contribution in [3.05, 3.63) is 33.8 Å². The predicted octanol–water partition coefficient (Wildman–Crippen LogP) is 3.75. The summed E-state index contributed by atoms with van der Waals surface area (Å²) >= 11 is 3.56. The molecule has 1 unspecified atom stereocenters. The Morgan fingerprint density at radius 3 is 2.84 bits per heavy atom. The molecule has 4 heteroatoms. The Balaban J connectivity index is 0.00000180. The van der Waals surface area contributed by atoms with E-state index >= 15 is 0 Å². The van der Waals surface area contributed by atoms with Crippen molar-refractivity contribution in [3.63, 3.8) is 0 Å². The highest BCUT2D eigenvalue weighted by Gasteiger charge is 2.16. The smallest absolute Gasteiger partial charge is 0.0233 e. The van der Waals surface area contributed by atoms with Gasteiger partial charge in [-0.3, -0.25) is 4.90 Å². The maximum absolute atomic E-state index is 3.56. The molecule has 0 aliphatic carbocycles. The van der Waals surface area contributed by atoms with E-state index in [-0.39, 0.29) is 12.4 Å². The molecule has 1 saturated heterocycles. The SMILES string of the molecule is Cc1cc(CN(C)C2CCCNCC2)ccc1Br.Cl. The van der Waals surface area contributed by atoms with E-state index in [4.69, 9.17) is 0 Å². The lowest BCUT2D eigenvalue weighted by molar-refractivity contribution is 0.216. The van der Waals surface area contributed by atoms with Gasteiger partial charge in [-0.2, -0.15) is 0 Å². The number of nitrogens with one attached hydrogen (secondary N) is 1. The summed E-state index contributed by atoms with van der Waals surface area (Å²) in [4.78, 5) is 2.51. The molecule has 108 valence electrons. The second kappa shape index (κ2) is 8.25. The van der Waals surface area contributed by atoms with Gasteiger partial charge in [0.05, 0.1) is 0 Å². The van der Waals surface area contributed by atoms with Crippen LogP contribution in [0.3, 0.4) is 0 Å². The number of hydrogen-bond acceptors (Lipinski definition) is 2. The van der Waals surface area contributed by atoms with Crippen molar-refractivity contribution in [2.45, 2.75) is 38.8 Å². The van der Waals surface area contributed by atoms with E-state index in [2.05, 4.69) is 58.3 Å². The summed E-state index contributed by atoms with van der Waals surface area (Å²) in [6.07, 6.45) is 3.89. The second-order valence-electron chi connectivity index (χ2n) is 5.33. The van der Waals surface area contributed by atoms with Crippen molar-refractivity contribution < 1.29 is 0 Å². The van der Waals surface area contributed by atoms with Gasteiger partial charge in [-0.25, -0.2) is 0 Å². The van der Waals surface area contributed by atoms with Gasteiger partial charge in [-0.05, 0) is 63.5 Å². The van der Waals surface area contributed by atoms with Crippen LogP contribution in [-0.2, 0) is 6.54 Å². The van der Waals surface area contributed by atoms with Crippen LogP contribution in [0.5, 0.6) is 0 Å². The standard InChI is InChI=1S/C15H23BrN2.ClH/c1-12-10-13(5-6-15(12)16)11-18(2)14-4-3-8-17-9-7-14;/h5-6,10,14,17H,3-4,7-9,11H2,1-2H3;1H. The zero-order valence-corrected chi connectivity index (χ0v) is 14.2. The Kier molecular flexibility index (Phi) is 7.37. The van der Waals surface area contributed by atoms with Crippen LogP contribution in [0, 0.1) is 6.92 Å². The molecular weight excluding hydrogens is 324 g/mol. The Morgan fingerprint density at radius 2 is 2.11 bits per heavy atom. The molecule has 1 heterocycles. The minimum atomic E-state index is 0. The average Bonchev–Trinajstić information content (AvgIpc) is 2.62. The Hall–Kier alpha value is -0.0900. The zero-order valence-electron chi connectivity index (χ0n) is 11.8. The first-order valence-corrected chi connectivity index (χ1v) is 7.62. The Morgan fingerprint density at radius 1 is 1.32 bits per heavy atom. The largest absolute Gasteiger partial charge is 0.317 e. The maximum Gasteiger partial charge on any atom is 0.0233 e. The van der Waals surface area contributed by atoms with Gasteiger partial charge in [-0.1, -0.05) is 28.1 Å². The fourth-order valence-electron chi connectivity index (χ4n) is 2.66. The van der Waals surface area contributed by atoms with Crippen LogP contribution in [0.4, 0.5) is 0 Å². The summed E-state index contributed by atoms with van der Waals surface area (Å²) in [7, 11) is 2.26. The Bertz CT molecular complexity index is 390. The molecule has 0 bridgehead atoms. The van der Waals surface area contributed by atoms with E-state index in [1.807, 2.05) is 0 Å². The molecule has 19 heavy (non-hydrogen) atoms. The third-order valence-corrected chi connectivity index (χ3v) is 4.71. The number of nitrogens with zero attached hydrogens (tertiary/aromatic N) is 1. The summed E-state index contributed by atoms with van der Waals surface area (Å²) in [6, 6.07) is 7.40. The first-order chi connectivity index (χ1) is 8.66. The first-order valence-electron chi connectivity index (χ1n) is 6.83. The fourth-order valence-corrected chi connectivity index (χ4v) is 2.91. The lowest BCUT2D eigenvalue weighted by atomic mass is 10.1. The van der Waals surface area contributed by atoms with Crippen LogP contribution < -0.4 is 5.32 Å².